The monoisotopic (exact) mass is 678 g/mol. The van der Waals surface area contributed by atoms with Crippen LogP contribution < -0.4 is 9.47 Å². The molecule has 3 aliphatic heterocycles. The Kier molecular flexibility index (Phi) is 9.69. The zero-order valence-electron chi connectivity index (χ0n) is 27.1. The lowest BCUT2D eigenvalue weighted by atomic mass is 9.81. The van der Waals surface area contributed by atoms with E-state index in [-0.39, 0.29) is 18.0 Å². The van der Waals surface area contributed by atoms with Gasteiger partial charge in [0.1, 0.15) is 29.0 Å². The Morgan fingerprint density at radius 3 is 2.17 bits per heavy atom. The molecule has 0 bridgehead atoms. The quantitative estimate of drug-likeness (QED) is 0.270. The Morgan fingerprint density at radius 1 is 0.936 bits per heavy atom. The topological polar surface area (TPSA) is 83.9 Å². The van der Waals surface area contributed by atoms with Gasteiger partial charge < -0.3 is 24.0 Å². The predicted molar refractivity (Wildman–Crippen MR) is 183 cm³/mol. The number of urea groups is 1. The molecule has 2 saturated heterocycles. The van der Waals surface area contributed by atoms with Gasteiger partial charge in [-0.25, -0.2) is 4.79 Å². The van der Waals surface area contributed by atoms with Gasteiger partial charge in [-0.3, -0.25) is 14.7 Å². The van der Waals surface area contributed by atoms with E-state index in [1.807, 2.05) is 92.4 Å². The van der Waals surface area contributed by atoms with Crippen LogP contribution >= 0.6 is 23.2 Å². The molecule has 0 spiro atoms. The summed E-state index contributed by atoms with van der Waals surface area (Å²) in [5.41, 5.74) is 1.50. The van der Waals surface area contributed by atoms with Crippen molar-refractivity contribution in [3.8, 4) is 11.5 Å². The highest BCUT2D eigenvalue weighted by atomic mass is 35.5. The number of hydrogen-bond donors (Lipinski definition) is 0. The standard InChI is InChI=1S/C36H40Cl2N4O5/c1-23(2)47-31-22-28(45-4)15-16-29(31)33-39-36(3,25-9-13-27(38)14-10-25)32(24-7-11-26(37)12-8-24)42(33)35(44)41-19-17-40(18-20-41)34(43)30-6-5-21-46-30/h7-16,22-23,30,32H,5-6,17-21H2,1-4H3/t30?,32-,36-/m0/s1. The molecule has 9 nitrogen and oxygen atoms in total. The zero-order valence-corrected chi connectivity index (χ0v) is 28.6. The smallest absolute Gasteiger partial charge is 0.326 e. The average molecular weight is 680 g/mol. The molecule has 6 rings (SSSR count). The number of piperazine rings is 1. The summed E-state index contributed by atoms with van der Waals surface area (Å²) in [7, 11) is 1.61. The minimum absolute atomic E-state index is 0.00101. The SMILES string of the molecule is COc1ccc(C2=N[C@@](C)(c3ccc(Cl)cc3)[C@H](c3ccc(Cl)cc3)N2C(=O)N2CCN(C(=O)C3CCCO3)CC2)c(OC(C)C)c1. The van der Waals surface area contributed by atoms with Gasteiger partial charge in [-0.1, -0.05) is 47.5 Å². The van der Waals surface area contributed by atoms with E-state index < -0.39 is 17.7 Å². The summed E-state index contributed by atoms with van der Waals surface area (Å²) in [4.78, 5) is 38.8. The summed E-state index contributed by atoms with van der Waals surface area (Å²) in [5, 5.41) is 1.20. The molecule has 0 saturated carbocycles. The van der Waals surface area contributed by atoms with Gasteiger partial charge in [-0.05, 0) is 81.1 Å². The summed E-state index contributed by atoms with van der Waals surface area (Å²) >= 11 is 12.7. The highest BCUT2D eigenvalue weighted by Gasteiger charge is 2.52. The number of benzene rings is 3. The lowest BCUT2D eigenvalue weighted by Crippen LogP contribution is -2.56. The molecule has 3 aromatic carbocycles. The first-order chi connectivity index (χ1) is 22.6. The first kappa shape index (κ1) is 33.1. The largest absolute Gasteiger partial charge is 0.497 e. The highest BCUT2D eigenvalue weighted by molar-refractivity contribution is 6.30. The van der Waals surface area contributed by atoms with Crippen molar-refractivity contribution in [2.45, 2.75) is 57.4 Å². The second kappa shape index (κ2) is 13.7. The van der Waals surface area contributed by atoms with E-state index in [0.717, 1.165) is 24.0 Å². The number of carbonyl (C=O) groups is 2. The van der Waals surface area contributed by atoms with Crippen LogP contribution in [-0.2, 0) is 15.1 Å². The second-order valence-electron chi connectivity index (χ2n) is 12.5. The predicted octanol–water partition coefficient (Wildman–Crippen LogP) is 6.95. The molecule has 11 heteroatoms. The maximum atomic E-state index is 14.9. The Morgan fingerprint density at radius 2 is 1.57 bits per heavy atom. The third-order valence-corrected chi connectivity index (χ3v) is 9.54. The van der Waals surface area contributed by atoms with Crippen LogP contribution in [0.25, 0.3) is 0 Å². The fourth-order valence-corrected chi connectivity index (χ4v) is 6.89. The van der Waals surface area contributed by atoms with Crippen molar-refractivity contribution in [2.75, 3.05) is 39.9 Å². The maximum absolute atomic E-state index is 14.9. The summed E-state index contributed by atoms with van der Waals surface area (Å²) in [6, 6.07) is 19.9. The van der Waals surface area contributed by atoms with Gasteiger partial charge >= 0.3 is 6.03 Å². The normalized spacial score (nSPS) is 22.9. The number of ether oxygens (including phenoxy) is 3. The number of nitrogens with zero attached hydrogens (tertiary/aromatic N) is 4. The fraction of sp³-hybridized carbons (Fsp3) is 0.417. The van der Waals surface area contributed by atoms with Gasteiger partial charge in [0.15, 0.2) is 0 Å². The lowest BCUT2D eigenvalue weighted by molar-refractivity contribution is -0.142. The first-order valence-corrected chi connectivity index (χ1v) is 16.8. The fourth-order valence-electron chi connectivity index (χ4n) is 6.64. The number of aliphatic imine (C=N–C) groups is 1. The molecule has 2 fully saturated rings. The summed E-state index contributed by atoms with van der Waals surface area (Å²) < 4.78 is 17.5. The van der Waals surface area contributed by atoms with E-state index in [4.69, 9.17) is 42.4 Å². The van der Waals surface area contributed by atoms with Crippen molar-refractivity contribution in [1.29, 1.82) is 0 Å². The van der Waals surface area contributed by atoms with Gasteiger partial charge in [0.25, 0.3) is 5.91 Å². The molecule has 3 atom stereocenters. The van der Waals surface area contributed by atoms with Crippen LogP contribution in [-0.4, -0.2) is 84.6 Å². The van der Waals surface area contributed by atoms with Gasteiger partial charge in [0, 0.05) is 48.9 Å². The third kappa shape index (κ3) is 6.66. The van der Waals surface area contributed by atoms with E-state index in [2.05, 4.69) is 0 Å². The van der Waals surface area contributed by atoms with Crippen molar-refractivity contribution in [3.63, 3.8) is 0 Å². The molecule has 47 heavy (non-hydrogen) atoms. The summed E-state index contributed by atoms with van der Waals surface area (Å²) in [5.74, 6) is 1.66. The highest BCUT2D eigenvalue weighted by Crippen LogP contribution is 2.50. The summed E-state index contributed by atoms with van der Waals surface area (Å²) in [6.07, 6.45) is 1.09. The van der Waals surface area contributed by atoms with Crippen LogP contribution in [0.1, 0.15) is 56.3 Å². The number of halogens is 2. The van der Waals surface area contributed by atoms with Crippen molar-refractivity contribution in [2.24, 2.45) is 4.99 Å². The number of methoxy groups -OCH3 is 1. The molecule has 3 aliphatic rings. The molecular weight excluding hydrogens is 639 g/mol. The van der Waals surface area contributed by atoms with Crippen LogP contribution in [0.4, 0.5) is 4.79 Å². The van der Waals surface area contributed by atoms with E-state index in [1.54, 1.807) is 16.9 Å². The van der Waals surface area contributed by atoms with Gasteiger partial charge in [0.05, 0.1) is 24.8 Å². The van der Waals surface area contributed by atoms with Crippen molar-refractivity contribution >= 4 is 41.0 Å². The van der Waals surface area contributed by atoms with Gasteiger partial charge in [-0.2, -0.15) is 0 Å². The molecule has 0 aromatic heterocycles. The van der Waals surface area contributed by atoms with Crippen molar-refractivity contribution in [3.05, 3.63) is 93.5 Å². The Balaban J connectivity index is 1.45. The second-order valence-corrected chi connectivity index (χ2v) is 13.4. The van der Waals surface area contributed by atoms with Gasteiger partial charge in [0.2, 0.25) is 0 Å². The molecule has 3 aromatic rings. The molecular formula is C36H40Cl2N4O5. The van der Waals surface area contributed by atoms with E-state index in [0.29, 0.717) is 65.7 Å². The molecule has 0 N–H and O–H groups in total. The van der Waals surface area contributed by atoms with E-state index in [9.17, 15) is 9.59 Å². The van der Waals surface area contributed by atoms with Crippen molar-refractivity contribution < 1.29 is 23.8 Å². The Bertz CT molecular complexity index is 1630. The molecule has 0 aliphatic carbocycles. The number of hydrogen-bond acceptors (Lipinski definition) is 6. The number of amidine groups is 1. The molecule has 1 unspecified atom stereocenters. The van der Waals surface area contributed by atoms with Crippen LogP contribution in [0, 0.1) is 0 Å². The molecule has 3 heterocycles. The molecule has 248 valence electrons. The molecule has 0 radical (unpaired) electrons. The average Bonchev–Trinajstić information content (AvgIpc) is 3.72. The Labute approximate surface area is 286 Å². The van der Waals surface area contributed by atoms with Crippen LogP contribution in [0.2, 0.25) is 10.0 Å². The third-order valence-electron chi connectivity index (χ3n) is 9.04. The zero-order chi connectivity index (χ0) is 33.3. The minimum Gasteiger partial charge on any atom is -0.497 e. The van der Waals surface area contributed by atoms with Crippen LogP contribution in [0.3, 0.4) is 0 Å². The minimum atomic E-state index is -0.921. The van der Waals surface area contributed by atoms with Crippen LogP contribution in [0.5, 0.6) is 11.5 Å². The summed E-state index contributed by atoms with van der Waals surface area (Å²) in [6.45, 7) is 8.16. The number of carbonyl (C=O) groups excluding carboxylic acids is 2. The van der Waals surface area contributed by atoms with E-state index >= 15 is 0 Å². The lowest BCUT2D eigenvalue weighted by Gasteiger charge is -2.41. The first-order valence-electron chi connectivity index (χ1n) is 16.0. The Hall–Kier alpha value is -3.79. The number of amides is 3. The number of rotatable bonds is 7. The maximum Gasteiger partial charge on any atom is 0.326 e. The van der Waals surface area contributed by atoms with Gasteiger partial charge in [-0.15, -0.1) is 0 Å². The van der Waals surface area contributed by atoms with E-state index in [1.165, 1.54) is 0 Å². The molecule has 3 amide bonds. The van der Waals surface area contributed by atoms with Crippen molar-refractivity contribution in [1.82, 2.24) is 14.7 Å². The van der Waals surface area contributed by atoms with Crippen LogP contribution in [0.15, 0.2) is 71.7 Å².